The molecule has 0 saturated heterocycles. The van der Waals surface area contributed by atoms with Crippen LogP contribution in [0, 0.1) is 5.82 Å². The number of rotatable bonds is 5. The zero-order valence-corrected chi connectivity index (χ0v) is 11.5. The Balaban J connectivity index is 2.21. The second kappa shape index (κ2) is 6.60. The molecule has 110 valence electrons. The molecule has 4 N–H and O–H groups in total. The summed E-state index contributed by atoms with van der Waals surface area (Å²) in [5.74, 6) is 0.371. The topological polar surface area (TPSA) is 79.9 Å². The summed E-state index contributed by atoms with van der Waals surface area (Å²) >= 11 is 0. The second-order valence-electron chi connectivity index (χ2n) is 4.38. The zero-order valence-electron chi connectivity index (χ0n) is 11.5. The Kier molecular flexibility index (Phi) is 4.61. The van der Waals surface area contributed by atoms with Gasteiger partial charge in [0.1, 0.15) is 11.6 Å². The molecule has 2 aromatic carbocycles. The third-order valence-corrected chi connectivity index (χ3v) is 2.99. The van der Waals surface area contributed by atoms with Crippen molar-refractivity contribution in [2.75, 3.05) is 12.4 Å². The van der Waals surface area contributed by atoms with Crippen LogP contribution in [-0.4, -0.2) is 18.2 Å². The molecule has 0 unspecified atom stereocenters. The van der Waals surface area contributed by atoms with Crippen LogP contribution >= 0.6 is 0 Å². The van der Waals surface area contributed by atoms with Gasteiger partial charge in [-0.2, -0.15) is 0 Å². The van der Waals surface area contributed by atoms with Crippen LogP contribution in [0.1, 0.15) is 11.1 Å². The molecule has 6 heteroatoms. The van der Waals surface area contributed by atoms with Gasteiger partial charge >= 0.3 is 0 Å². The van der Waals surface area contributed by atoms with Gasteiger partial charge in [0, 0.05) is 23.4 Å². The molecule has 2 rings (SSSR count). The number of halogens is 1. The average Bonchev–Trinajstić information content (AvgIpc) is 2.52. The lowest BCUT2D eigenvalue weighted by Crippen LogP contribution is -2.14. The Morgan fingerprint density at radius 2 is 2.14 bits per heavy atom. The lowest BCUT2D eigenvalue weighted by Gasteiger charge is -2.12. The fraction of sp³-hybridized carbons (Fsp3) is 0.133. The smallest absolute Gasteiger partial charge is 0.170 e. The molecule has 0 saturated carbocycles. The number of methoxy groups -OCH3 is 1. The van der Waals surface area contributed by atoms with Crippen molar-refractivity contribution in [3.63, 3.8) is 0 Å². The summed E-state index contributed by atoms with van der Waals surface area (Å²) < 4.78 is 18.4. The number of hydrogen-bond donors (Lipinski definition) is 3. The summed E-state index contributed by atoms with van der Waals surface area (Å²) in [5.41, 5.74) is 7.62. The van der Waals surface area contributed by atoms with Crippen molar-refractivity contribution in [1.29, 1.82) is 0 Å². The normalized spacial score (nSPS) is 11.2. The van der Waals surface area contributed by atoms with Gasteiger partial charge in [-0.1, -0.05) is 11.2 Å². The number of hydrogen-bond acceptors (Lipinski definition) is 4. The SMILES string of the molecule is COc1ccc(/C(N)=N/O)cc1CNc1cccc(F)c1. The molecule has 2 aromatic rings. The standard InChI is InChI=1S/C15H16FN3O2/c1-21-14-6-5-10(15(17)19-20)7-11(14)9-18-13-4-2-3-12(16)8-13/h2-8,18,20H,9H2,1H3,(H2,17,19). The summed E-state index contributed by atoms with van der Waals surface area (Å²) in [4.78, 5) is 0. The number of oxime groups is 1. The summed E-state index contributed by atoms with van der Waals surface area (Å²) in [6, 6.07) is 11.4. The quantitative estimate of drug-likeness (QED) is 0.342. The second-order valence-corrected chi connectivity index (χ2v) is 4.38. The Bertz CT molecular complexity index is 659. The Morgan fingerprint density at radius 3 is 2.81 bits per heavy atom. The Morgan fingerprint density at radius 1 is 1.33 bits per heavy atom. The van der Waals surface area contributed by atoms with E-state index in [9.17, 15) is 4.39 Å². The van der Waals surface area contributed by atoms with Gasteiger partial charge in [-0.05, 0) is 36.4 Å². The maximum absolute atomic E-state index is 13.1. The molecule has 0 bridgehead atoms. The van der Waals surface area contributed by atoms with Crippen LogP contribution in [0.15, 0.2) is 47.6 Å². The van der Waals surface area contributed by atoms with E-state index in [1.54, 1.807) is 37.4 Å². The van der Waals surface area contributed by atoms with Gasteiger partial charge in [-0.25, -0.2) is 4.39 Å². The van der Waals surface area contributed by atoms with Gasteiger partial charge in [0.15, 0.2) is 5.84 Å². The van der Waals surface area contributed by atoms with E-state index in [1.165, 1.54) is 12.1 Å². The van der Waals surface area contributed by atoms with E-state index in [4.69, 9.17) is 15.7 Å². The van der Waals surface area contributed by atoms with Gasteiger partial charge in [-0.3, -0.25) is 0 Å². The van der Waals surface area contributed by atoms with Crippen LogP contribution in [-0.2, 0) is 6.54 Å². The molecule has 0 spiro atoms. The predicted octanol–water partition coefficient (Wildman–Crippen LogP) is 2.54. The predicted molar refractivity (Wildman–Crippen MR) is 79.2 cm³/mol. The van der Waals surface area contributed by atoms with Crippen molar-refractivity contribution in [2.45, 2.75) is 6.54 Å². The first kappa shape index (κ1) is 14.6. The molecule has 0 amide bonds. The highest BCUT2D eigenvalue weighted by Gasteiger charge is 2.07. The third kappa shape index (κ3) is 3.62. The molecule has 0 aliphatic rings. The van der Waals surface area contributed by atoms with Crippen LogP contribution in [0.5, 0.6) is 5.75 Å². The maximum atomic E-state index is 13.1. The first-order valence-electron chi connectivity index (χ1n) is 6.28. The molecular weight excluding hydrogens is 273 g/mol. The molecule has 0 fully saturated rings. The van der Waals surface area contributed by atoms with Crippen molar-refractivity contribution < 1.29 is 14.3 Å². The van der Waals surface area contributed by atoms with Gasteiger partial charge in [-0.15, -0.1) is 0 Å². The Labute approximate surface area is 121 Å². The molecule has 0 radical (unpaired) electrons. The fourth-order valence-corrected chi connectivity index (χ4v) is 1.93. The van der Waals surface area contributed by atoms with Gasteiger partial charge in [0.05, 0.1) is 7.11 Å². The van der Waals surface area contributed by atoms with E-state index in [-0.39, 0.29) is 11.7 Å². The van der Waals surface area contributed by atoms with Crippen molar-refractivity contribution in [3.8, 4) is 5.75 Å². The van der Waals surface area contributed by atoms with Crippen LogP contribution in [0.4, 0.5) is 10.1 Å². The molecular formula is C15H16FN3O2. The van der Waals surface area contributed by atoms with Gasteiger partial charge in [0.25, 0.3) is 0 Å². The molecule has 0 aromatic heterocycles. The van der Waals surface area contributed by atoms with Crippen LogP contribution < -0.4 is 15.8 Å². The third-order valence-electron chi connectivity index (χ3n) is 2.99. The summed E-state index contributed by atoms with van der Waals surface area (Å²) in [6.07, 6.45) is 0. The highest BCUT2D eigenvalue weighted by molar-refractivity contribution is 5.97. The van der Waals surface area contributed by atoms with E-state index in [0.717, 1.165) is 5.56 Å². The number of nitrogens with zero attached hydrogens (tertiary/aromatic N) is 1. The van der Waals surface area contributed by atoms with E-state index >= 15 is 0 Å². The van der Waals surface area contributed by atoms with Crippen molar-refractivity contribution >= 4 is 11.5 Å². The molecule has 0 heterocycles. The van der Waals surface area contributed by atoms with Crippen molar-refractivity contribution in [2.24, 2.45) is 10.9 Å². The lowest BCUT2D eigenvalue weighted by molar-refractivity contribution is 0.318. The number of ether oxygens (including phenoxy) is 1. The summed E-state index contributed by atoms with van der Waals surface area (Å²) in [5, 5.41) is 14.8. The number of benzene rings is 2. The van der Waals surface area contributed by atoms with E-state index < -0.39 is 0 Å². The van der Waals surface area contributed by atoms with Crippen LogP contribution in [0.3, 0.4) is 0 Å². The average molecular weight is 289 g/mol. The van der Waals surface area contributed by atoms with E-state index in [1.807, 2.05) is 0 Å². The first-order chi connectivity index (χ1) is 10.1. The lowest BCUT2D eigenvalue weighted by atomic mass is 10.1. The van der Waals surface area contributed by atoms with Gasteiger partial charge < -0.3 is 21.0 Å². The van der Waals surface area contributed by atoms with E-state index in [2.05, 4.69) is 10.5 Å². The minimum absolute atomic E-state index is 0.0182. The number of nitrogens with one attached hydrogen (secondary N) is 1. The first-order valence-corrected chi connectivity index (χ1v) is 6.28. The summed E-state index contributed by atoms with van der Waals surface area (Å²) in [7, 11) is 1.56. The molecule has 21 heavy (non-hydrogen) atoms. The number of amidine groups is 1. The van der Waals surface area contributed by atoms with Crippen LogP contribution in [0.25, 0.3) is 0 Å². The van der Waals surface area contributed by atoms with Crippen molar-refractivity contribution in [3.05, 3.63) is 59.4 Å². The Hall–Kier alpha value is -2.76. The molecule has 0 aliphatic heterocycles. The minimum Gasteiger partial charge on any atom is -0.496 e. The van der Waals surface area contributed by atoms with Crippen molar-refractivity contribution in [1.82, 2.24) is 0 Å². The maximum Gasteiger partial charge on any atom is 0.170 e. The number of nitrogens with two attached hydrogens (primary N) is 1. The number of anilines is 1. The largest absolute Gasteiger partial charge is 0.496 e. The molecule has 0 aliphatic carbocycles. The monoisotopic (exact) mass is 289 g/mol. The highest BCUT2D eigenvalue weighted by atomic mass is 19.1. The fourth-order valence-electron chi connectivity index (χ4n) is 1.93. The molecule has 5 nitrogen and oxygen atoms in total. The minimum atomic E-state index is -0.308. The molecule has 0 atom stereocenters. The van der Waals surface area contributed by atoms with Crippen LogP contribution in [0.2, 0.25) is 0 Å². The van der Waals surface area contributed by atoms with E-state index in [0.29, 0.717) is 23.5 Å². The van der Waals surface area contributed by atoms with Gasteiger partial charge in [0.2, 0.25) is 0 Å². The summed E-state index contributed by atoms with van der Waals surface area (Å²) in [6.45, 7) is 0.416. The zero-order chi connectivity index (χ0) is 15.2. The highest BCUT2D eigenvalue weighted by Crippen LogP contribution is 2.21.